The number of hydrogen-bond acceptors (Lipinski definition) is 7. The van der Waals surface area contributed by atoms with Gasteiger partial charge in [0.05, 0.1) is 11.3 Å². The van der Waals surface area contributed by atoms with E-state index in [0.29, 0.717) is 46.4 Å². The monoisotopic (exact) mass is 607 g/mol. The molecule has 0 radical (unpaired) electrons. The molecule has 0 spiro atoms. The van der Waals surface area contributed by atoms with Crippen LogP contribution in [0.3, 0.4) is 0 Å². The SMILES string of the molecule is CNC(=O)c1c(-c2ccc(F)cc2)oc2cc(N(C)SC)c(C3CCCN(S(=O)(=O)c4cc5ccccc5o4)C3)cc12. The van der Waals surface area contributed by atoms with E-state index in [1.165, 1.54) is 28.4 Å². The van der Waals surface area contributed by atoms with Crippen molar-refractivity contribution in [3.8, 4) is 11.3 Å². The summed E-state index contributed by atoms with van der Waals surface area (Å²) in [5.74, 6) is -0.518. The minimum Gasteiger partial charge on any atom is -0.455 e. The molecule has 42 heavy (non-hydrogen) atoms. The molecule has 5 aromatic rings. The van der Waals surface area contributed by atoms with Crippen molar-refractivity contribution >= 4 is 55.5 Å². The van der Waals surface area contributed by atoms with Crippen LogP contribution in [0.1, 0.15) is 34.7 Å². The van der Waals surface area contributed by atoms with E-state index >= 15 is 0 Å². The highest BCUT2D eigenvalue weighted by Gasteiger charge is 2.35. The number of fused-ring (bicyclic) bond motifs is 2. The second kappa shape index (κ2) is 11.1. The van der Waals surface area contributed by atoms with E-state index < -0.39 is 10.0 Å². The summed E-state index contributed by atoms with van der Waals surface area (Å²) in [5, 5.41) is 3.98. The highest BCUT2D eigenvalue weighted by atomic mass is 32.2. The molecule has 218 valence electrons. The lowest BCUT2D eigenvalue weighted by Gasteiger charge is -2.33. The van der Waals surface area contributed by atoms with Gasteiger partial charge in [-0.3, -0.25) is 4.79 Å². The highest BCUT2D eigenvalue weighted by molar-refractivity contribution is 7.99. The van der Waals surface area contributed by atoms with Crippen molar-refractivity contribution in [2.75, 3.05) is 37.7 Å². The van der Waals surface area contributed by atoms with Crippen LogP contribution in [0.25, 0.3) is 33.3 Å². The Bertz CT molecular complexity index is 1870. The Morgan fingerprint density at radius 2 is 1.83 bits per heavy atom. The van der Waals surface area contributed by atoms with Crippen LogP contribution in [-0.4, -0.2) is 52.1 Å². The van der Waals surface area contributed by atoms with Crippen LogP contribution in [-0.2, 0) is 10.0 Å². The van der Waals surface area contributed by atoms with E-state index in [1.807, 2.05) is 47.9 Å². The Hall–Kier alpha value is -3.80. The highest BCUT2D eigenvalue weighted by Crippen LogP contribution is 2.43. The lowest BCUT2D eigenvalue weighted by Crippen LogP contribution is -2.39. The fraction of sp³-hybridized carbons (Fsp3) is 0.258. The van der Waals surface area contributed by atoms with Crippen molar-refractivity contribution in [3.05, 3.63) is 83.7 Å². The molecule has 1 unspecified atom stereocenters. The second-order valence-corrected chi connectivity index (χ2v) is 13.1. The van der Waals surface area contributed by atoms with Crippen LogP contribution in [0.4, 0.5) is 10.1 Å². The lowest BCUT2D eigenvalue weighted by atomic mass is 9.89. The Balaban J connectivity index is 1.45. The molecule has 1 aliphatic heterocycles. The van der Waals surface area contributed by atoms with Gasteiger partial charge in [0.2, 0.25) is 5.09 Å². The number of anilines is 1. The van der Waals surface area contributed by atoms with Gasteiger partial charge in [0.25, 0.3) is 15.9 Å². The summed E-state index contributed by atoms with van der Waals surface area (Å²) < 4.78 is 56.6. The fourth-order valence-corrected chi connectivity index (χ4v) is 7.45. The van der Waals surface area contributed by atoms with Crippen molar-refractivity contribution in [2.45, 2.75) is 23.9 Å². The molecule has 3 aromatic carbocycles. The smallest absolute Gasteiger partial charge is 0.276 e. The first-order chi connectivity index (χ1) is 20.2. The third-order valence-corrected chi connectivity index (χ3v) is 10.3. The lowest BCUT2D eigenvalue weighted by molar-refractivity contribution is 0.0964. The first-order valence-corrected chi connectivity index (χ1v) is 16.2. The van der Waals surface area contributed by atoms with Crippen LogP contribution < -0.4 is 9.62 Å². The van der Waals surface area contributed by atoms with Gasteiger partial charge >= 0.3 is 0 Å². The minimum atomic E-state index is -3.87. The number of benzene rings is 3. The van der Waals surface area contributed by atoms with E-state index in [2.05, 4.69) is 5.32 Å². The number of furan rings is 2. The molecular formula is C31H30FN3O5S2. The van der Waals surface area contributed by atoms with Gasteiger partial charge < -0.3 is 18.5 Å². The zero-order valence-electron chi connectivity index (χ0n) is 23.4. The van der Waals surface area contributed by atoms with Crippen LogP contribution in [0, 0.1) is 5.82 Å². The van der Waals surface area contributed by atoms with E-state index in [0.717, 1.165) is 23.1 Å². The first kappa shape index (κ1) is 28.3. The summed E-state index contributed by atoms with van der Waals surface area (Å²) in [6.07, 6.45) is 3.39. The number of piperidine rings is 1. The third kappa shape index (κ3) is 4.95. The molecule has 1 atom stereocenters. The molecular weight excluding hydrogens is 577 g/mol. The number of amides is 1. The maximum absolute atomic E-state index is 13.7. The largest absolute Gasteiger partial charge is 0.455 e. The van der Waals surface area contributed by atoms with E-state index in [9.17, 15) is 17.6 Å². The van der Waals surface area contributed by atoms with E-state index in [1.54, 1.807) is 31.3 Å². The molecule has 1 saturated heterocycles. The minimum absolute atomic E-state index is 0.0677. The predicted octanol–water partition coefficient (Wildman–Crippen LogP) is 6.63. The van der Waals surface area contributed by atoms with Gasteiger partial charge in [-0.15, -0.1) is 0 Å². The first-order valence-electron chi connectivity index (χ1n) is 13.6. The van der Waals surface area contributed by atoms with Crippen molar-refractivity contribution in [2.24, 2.45) is 0 Å². The normalized spacial score (nSPS) is 16.2. The van der Waals surface area contributed by atoms with Crippen molar-refractivity contribution in [3.63, 3.8) is 0 Å². The number of carbonyl (C=O) groups is 1. The van der Waals surface area contributed by atoms with Crippen LogP contribution in [0.5, 0.6) is 0 Å². The van der Waals surface area contributed by atoms with Gasteiger partial charge in [-0.25, -0.2) is 12.8 Å². The van der Waals surface area contributed by atoms with E-state index in [-0.39, 0.29) is 29.3 Å². The predicted molar refractivity (Wildman–Crippen MR) is 164 cm³/mol. The topological polar surface area (TPSA) is 96.0 Å². The number of nitrogens with one attached hydrogen (secondary N) is 1. The Kier molecular flexibility index (Phi) is 7.50. The van der Waals surface area contributed by atoms with Crippen LogP contribution in [0.2, 0.25) is 0 Å². The van der Waals surface area contributed by atoms with Gasteiger partial charge in [0, 0.05) is 61.9 Å². The average molecular weight is 608 g/mol. The molecule has 8 nitrogen and oxygen atoms in total. The molecule has 2 aromatic heterocycles. The van der Waals surface area contributed by atoms with Gasteiger partial charge in [-0.1, -0.05) is 30.1 Å². The standard InChI is InChI=1S/C31H30FN3O5S2/c1-33-31(36)29-24-16-23(25(34(2)41-3)17-27(24)40-30(29)19-10-12-22(32)13-11-19)21-8-6-14-35(18-21)42(37,38)28-15-20-7-4-5-9-26(20)39-28/h4-5,7,9-13,15-17,21H,6,8,14,18H2,1-3H3,(H,33,36). The van der Waals surface area contributed by atoms with Gasteiger partial charge in [-0.2, -0.15) is 4.31 Å². The molecule has 0 aliphatic carbocycles. The van der Waals surface area contributed by atoms with Crippen molar-refractivity contribution in [1.29, 1.82) is 0 Å². The molecule has 1 N–H and O–H groups in total. The summed E-state index contributed by atoms with van der Waals surface area (Å²) in [6.45, 7) is 0.647. The number of carbonyl (C=O) groups excluding carboxylic acids is 1. The molecule has 3 heterocycles. The molecule has 0 bridgehead atoms. The van der Waals surface area contributed by atoms with Crippen LogP contribution in [0.15, 0.2) is 80.7 Å². The number of hydrogen-bond donors (Lipinski definition) is 1. The molecule has 1 aliphatic rings. The number of rotatable bonds is 7. The van der Waals surface area contributed by atoms with Gasteiger partial charge in [0.1, 0.15) is 22.7 Å². The van der Waals surface area contributed by atoms with Gasteiger partial charge in [-0.05, 0) is 60.7 Å². The molecule has 11 heteroatoms. The fourth-order valence-electron chi connectivity index (χ4n) is 5.63. The number of halogens is 1. The van der Waals surface area contributed by atoms with E-state index in [4.69, 9.17) is 8.83 Å². The Morgan fingerprint density at radius 3 is 2.55 bits per heavy atom. The zero-order chi connectivity index (χ0) is 29.6. The molecule has 6 rings (SSSR count). The van der Waals surface area contributed by atoms with Crippen molar-refractivity contribution in [1.82, 2.24) is 9.62 Å². The quantitative estimate of drug-likeness (QED) is 0.208. The number of nitrogens with zero attached hydrogens (tertiary/aromatic N) is 2. The summed E-state index contributed by atoms with van der Waals surface area (Å²) >= 11 is 1.51. The molecule has 0 saturated carbocycles. The van der Waals surface area contributed by atoms with Gasteiger partial charge in [0.15, 0.2) is 0 Å². The van der Waals surface area contributed by atoms with Crippen molar-refractivity contribution < 1.29 is 26.4 Å². The number of sulfonamides is 1. The Labute approximate surface area is 247 Å². The summed E-state index contributed by atoms with van der Waals surface area (Å²) in [5.41, 5.74) is 3.74. The molecule has 1 amide bonds. The summed E-state index contributed by atoms with van der Waals surface area (Å²) in [7, 11) is -0.387. The maximum atomic E-state index is 13.7. The summed E-state index contributed by atoms with van der Waals surface area (Å²) in [4.78, 5) is 13.2. The third-order valence-electron chi connectivity index (χ3n) is 7.83. The second-order valence-electron chi connectivity index (χ2n) is 10.3. The maximum Gasteiger partial charge on any atom is 0.276 e. The Morgan fingerprint density at radius 1 is 1.07 bits per heavy atom. The average Bonchev–Trinajstić information content (AvgIpc) is 3.62. The number of para-hydroxylation sites is 1. The zero-order valence-corrected chi connectivity index (χ0v) is 25.0. The van der Waals surface area contributed by atoms with Crippen LogP contribution >= 0.6 is 11.9 Å². The molecule has 1 fully saturated rings. The summed E-state index contributed by atoms with van der Waals surface area (Å²) in [6, 6.07) is 18.5.